The highest BCUT2D eigenvalue weighted by atomic mass is 32.2. The zero-order valence-corrected chi connectivity index (χ0v) is 21.6. The van der Waals surface area contributed by atoms with Crippen LogP contribution in [0.4, 0.5) is 16.3 Å². The highest BCUT2D eigenvalue weighted by molar-refractivity contribution is 8.01. The van der Waals surface area contributed by atoms with E-state index < -0.39 is 5.82 Å². The van der Waals surface area contributed by atoms with Gasteiger partial charge in [0, 0.05) is 29.4 Å². The molecular weight excluding hydrogens is 503 g/mol. The number of thiazole rings is 1. The summed E-state index contributed by atoms with van der Waals surface area (Å²) in [5.74, 6) is 2.44. The minimum atomic E-state index is -0.444. The van der Waals surface area contributed by atoms with Gasteiger partial charge in [-0.15, -0.1) is 21.5 Å². The third-order valence-corrected chi connectivity index (χ3v) is 7.66. The van der Waals surface area contributed by atoms with E-state index in [1.54, 1.807) is 26.2 Å². The van der Waals surface area contributed by atoms with Crippen molar-refractivity contribution in [3.63, 3.8) is 0 Å². The number of para-hydroxylation sites is 1. The lowest BCUT2D eigenvalue weighted by molar-refractivity contribution is 0.391. The van der Waals surface area contributed by atoms with Crippen LogP contribution in [0.25, 0.3) is 16.5 Å². The van der Waals surface area contributed by atoms with Gasteiger partial charge < -0.3 is 14.4 Å². The van der Waals surface area contributed by atoms with Crippen LogP contribution >= 0.6 is 23.3 Å². The van der Waals surface area contributed by atoms with Gasteiger partial charge in [0.2, 0.25) is 11.9 Å². The summed E-state index contributed by atoms with van der Waals surface area (Å²) in [6, 6.07) is 5.61. The molecule has 1 atom stereocenters. The molecular formula is C23H25FN8O2S2. The topological polar surface area (TPSA) is 103 Å². The van der Waals surface area contributed by atoms with Crippen LogP contribution in [0.15, 0.2) is 36.0 Å². The molecule has 5 rings (SSSR count). The molecule has 0 amide bonds. The lowest BCUT2D eigenvalue weighted by atomic mass is 10.1. The second-order valence-electron chi connectivity index (χ2n) is 8.12. The Morgan fingerprint density at radius 3 is 2.56 bits per heavy atom. The Balaban J connectivity index is 1.44. The Morgan fingerprint density at radius 1 is 1.14 bits per heavy atom. The molecule has 13 heteroatoms. The number of methoxy groups -OCH3 is 2. The molecule has 1 saturated heterocycles. The highest BCUT2D eigenvalue weighted by Gasteiger charge is 2.26. The molecule has 4 aromatic rings. The lowest BCUT2D eigenvalue weighted by Gasteiger charge is -2.32. The third-order valence-electron chi connectivity index (χ3n) is 5.68. The molecule has 0 aliphatic carbocycles. The van der Waals surface area contributed by atoms with Gasteiger partial charge in [-0.1, -0.05) is 6.07 Å². The molecule has 1 fully saturated rings. The summed E-state index contributed by atoms with van der Waals surface area (Å²) in [6.45, 7) is 3.48. The molecule has 1 aromatic carbocycles. The van der Waals surface area contributed by atoms with E-state index in [1.165, 1.54) is 23.7 Å². The van der Waals surface area contributed by atoms with Crippen molar-refractivity contribution in [2.45, 2.75) is 25.0 Å². The molecule has 0 spiro atoms. The Labute approximate surface area is 216 Å². The van der Waals surface area contributed by atoms with Crippen molar-refractivity contribution in [3.05, 3.63) is 47.5 Å². The summed E-state index contributed by atoms with van der Waals surface area (Å²) < 4.78 is 29.9. The van der Waals surface area contributed by atoms with E-state index in [2.05, 4.69) is 34.8 Å². The second-order valence-corrected chi connectivity index (χ2v) is 10.1. The Morgan fingerprint density at radius 2 is 1.89 bits per heavy atom. The predicted octanol–water partition coefficient (Wildman–Crippen LogP) is 4.37. The van der Waals surface area contributed by atoms with Gasteiger partial charge in [0.1, 0.15) is 17.2 Å². The first kappa shape index (κ1) is 24.3. The van der Waals surface area contributed by atoms with Crippen LogP contribution in [-0.2, 0) is 0 Å². The maximum absolute atomic E-state index is 13.3. The Hall–Kier alpha value is -3.45. The zero-order valence-electron chi connectivity index (χ0n) is 20.0. The van der Waals surface area contributed by atoms with Crippen LogP contribution in [-0.4, -0.2) is 62.3 Å². The van der Waals surface area contributed by atoms with Gasteiger partial charge in [0.05, 0.1) is 26.6 Å². The number of hydrogen-bond donors (Lipinski definition) is 1. The van der Waals surface area contributed by atoms with Crippen molar-refractivity contribution < 1.29 is 13.9 Å². The number of rotatable bonds is 8. The largest absolute Gasteiger partial charge is 0.494 e. The van der Waals surface area contributed by atoms with Crippen LogP contribution in [0.5, 0.6) is 11.5 Å². The van der Waals surface area contributed by atoms with Crippen molar-refractivity contribution in [2.75, 3.05) is 36.9 Å². The molecule has 1 aliphatic heterocycles. The van der Waals surface area contributed by atoms with Gasteiger partial charge in [-0.05, 0) is 43.8 Å². The van der Waals surface area contributed by atoms with Crippen molar-refractivity contribution in [2.24, 2.45) is 0 Å². The smallest absolute Gasteiger partial charge is 0.239 e. The lowest BCUT2D eigenvalue weighted by Crippen LogP contribution is -2.38. The maximum Gasteiger partial charge on any atom is 0.239 e. The van der Waals surface area contributed by atoms with Crippen LogP contribution in [0.2, 0.25) is 0 Å². The molecule has 188 valence electrons. The fraction of sp³-hybridized carbons (Fsp3) is 0.348. The average Bonchev–Trinajstić information content (AvgIpc) is 3.53. The number of nitrogens with one attached hydrogen (secondary N) is 1. The molecule has 3 aromatic heterocycles. The quantitative estimate of drug-likeness (QED) is 0.332. The number of benzene rings is 1. The minimum Gasteiger partial charge on any atom is -0.494 e. The summed E-state index contributed by atoms with van der Waals surface area (Å²) in [7, 11) is 3.23. The predicted molar refractivity (Wildman–Crippen MR) is 139 cm³/mol. The van der Waals surface area contributed by atoms with E-state index in [0.717, 1.165) is 30.1 Å². The fourth-order valence-electron chi connectivity index (χ4n) is 4.03. The molecule has 0 saturated carbocycles. The standard InChI is InChI=1S/C23H25FN8O2S2/c1-14-13-35-21(27-14)20-28-29-23(32(20)19-17(33-2)7-4-8-18(19)34-3)30-36-16-6-5-9-31(12-16)22-25-10-15(24)11-26-22/h4,7-8,10-11,13,16H,5-6,9,12H2,1-3H3,(H,29,30). The minimum absolute atomic E-state index is 0.225. The van der Waals surface area contributed by atoms with E-state index in [0.29, 0.717) is 41.5 Å². The van der Waals surface area contributed by atoms with Crippen LogP contribution in [0.1, 0.15) is 18.5 Å². The molecule has 36 heavy (non-hydrogen) atoms. The van der Waals surface area contributed by atoms with E-state index in [4.69, 9.17) is 9.47 Å². The first-order valence-corrected chi connectivity index (χ1v) is 13.1. The number of piperidine rings is 1. The summed E-state index contributed by atoms with van der Waals surface area (Å²) in [4.78, 5) is 15.0. The van der Waals surface area contributed by atoms with Gasteiger partial charge in [-0.2, -0.15) is 0 Å². The van der Waals surface area contributed by atoms with Crippen molar-refractivity contribution >= 4 is 35.2 Å². The molecule has 1 aliphatic rings. The molecule has 1 unspecified atom stereocenters. The van der Waals surface area contributed by atoms with Gasteiger partial charge >= 0.3 is 0 Å². The summed E-state index contributed by atoms with van der Waals surface area (Å²) in [5.41, 5.74) is 1.59. The highest BCUT2D eigenvalue weighted by Crippen LogP contribution is 2.39. The molecule has 0 bridgehead atoms. The molecule has 0 radical (unpaired) electrons. The van der Waals surface area contributed by atoms with E-state index in [9.17, 15) is 4.39 Å². The summed E-state index contributed by atoms with van der Waals surface area (Å²) >= 11 is 3.06. The SMILES string of the molecule is COc1cccc(OC)c1-n1c(NSC2CCCN(c3ncc(F)cn3)C2)nnc1-c1nc(C)cs1. The van der Waals surface area contributed by atoms with Gasteiger partial charge in [0.25, 0.3) is 0 Å². The number of aryl methyl sites for hydroxylation is 1. The van der Waals surface area contributed by atoms with Crippen molar-refractivity contribution in [1.82, 2.24) is 29.7 Å². The number of nitrogens with zero attached hydrogens (tertiary/aromatic N) is 7. The molecule has 1 N–H and O–H groups in total. The summed E-state index contributed by atoms with van der Waals surface area (Å²) in [5, 5.41) is 11.9. The first-order valence-electron chi connectivity index (χ1n) is 11.3. The Bertz CT molecular complexity index is 1310. The van der Waals surface area contributed by atoms with Gasteiger partial charge in [-0.25, -0.2) is 19.3 Å². The number of aromatic nitrogens is 6. The normalized spacial score (nSPS) is 15.7. The van der Waals surface area contributed by atoms with Crippen molar-refractivity contribution in [3.8, 4) is 28.0 Å². The molecule has 10 nitrogen and oxygen atoms in total. The van der Waals surface area contributed by atoms with E-state index in [-0.39, 0.29) is 5.25 Å². The summed E-state index contributed by atoms with van der Waals surface area (Å²) in [6.07, 6.45) is 4.36. The number of ether oxygens (including phenoxy) is 2. The van der Waals surface area contributed by atoms with Gasteiger partial charge in [-0.3, -0.25) is 9.29 Å². The van der Waals surface area contributed by atoms with Crippen molar-refractivity contribution in [1.29, 1.82) is 0 Å². The van der Waals surface area contributed by atoms with Crippen LogP contribution < -0.4 is 19.1 Å². The first-order chi connectivity index (χ1) is 17.6. The molecule has 4 heterocycles. The van der Waals surface area contributed by atoms with Crippen LogP contribution in [0, 0.1) is 12.7 Å². The van der Waals surface area contributed by atoms with Crippen LogP contribution in [0.3, 0.4) is 0 Å². The number of halogens is 1. The average molecular weight is 529 g/mol. The maximum atomic E-state index is 13.3. The number of hydrogen-bond acceptors (Lipinski definition) is 11. The number of anilines is 2. The third kappa shape index (κ3) is 4.93. The Kier molecular flexibility index (Phi) is 7.18. The van der Waals surface area contributed by atoms with E-state index in [1.807, 2.05) is 35.1 Å². The second kappa shape index (κ2) is 10.7. The fourth-order valence-corrected chi connectivity index (χ4v) is 5.74. The van der Waals surface area contributed by atoms with Gasteiger partial charge in [0.15, 0.2) is 16.6 Å². The van der Waals surface area contributed by atoms with E-state index >= 15 is 0 Å². The monoisotopic (exact) mass is 528 g/mol. The zero-order chi connectivity index (χ0) is 25.1.